The zero-order chi connectivity index (χ0) is 18.9. The summed E-state index contributed by atoms with van der Waals surface area (Å²) in [6.07, 6.45) is 8.06. The number of nitrogens with one attached hydrogen (secondary N) is 1. The zero-order valence-corrected chi connectivity index (χ0v) is 15.9. The van der Waals surface area contributed by atoms with Gasteiger partial charge in [-0.05, 0) is 42.9 Å². The van der Waals surface area contributed by atoms with Crippen molar-refractivity contribution in [3.05, 3.63) is 39.3 Å². The van der Waals surface area contributed by atoms with Gasteiger partial charge in [0.15, 0.2) is 0 Å². The van der Waals surface area contributed by atoms with Crippen LogP contribution in [0.15, 0.2) is 18.5 Å². The molecule has 2 N–H and O–H groups in total. The van der Waals surface area contributed by atoms with Gasteiger partial charge in [0.05, 0.1) is 18.4 Å². The SMILES string of the molecule is O=C(O)c1cc2c(s1)CCOC21CCN(C(=O)CCCc2cn[nH]c2)CC1. The Bertz CT molecular complexity index is 822. The summed E-state index contributed by atoms with van der Waals surface area (Å²) >= 11 is 1.36. The molecule has 2 aromatic rings. The summed E-state index contributed by atoms with van der Waals surface area (Å²) in [7, 11) is 0. The van der Waals surface area contributed by atoms with Crippen LogP contribution < -0.4 is 0 Å². The van der Waals surface area contributed by atoms with Crippen molar-refractivity contribution >= 4 is 23.2 Å². The number of aromatic carboxylic acids is 1. The van der Waals surface area contributed by atoms with Crippen LogP contribution in [0.25, 0.3) is 0 Å². The van der Waals surface area contributed by atoms with Gasteiger partial charge in [-0.15, -0.1) is 11.3 Å². The van der Waals surface area contributed by atoms with E-state index in [1.165, 1.54) is 11.3 Å². The normalized spacial score (nSPS) is 18.4. The first-order chi connectivity index (χ1) is 13.1. The maximum absolute atomic E-state index is 12.5. The van der Waals surface area contributed by atoms with Crippen LogP contribution in [0, 0.1) is 0 Å². The van der Waals surface area contributed by atoms with Crippen LogP contribution in [0.1, 0.15) is 51.4 Å². The molecule has 0 aliphatic carbocycles. The number of rotatable bonds is 5. The van der Waals surface area contributed by atoms with Crippen molar-refractivity contribution in [2.75, 3.05) is 19.7 Å². The van der Waals surface area contributed by atoms with Crippen molar-refractivity contribution in [1.82, 2.24) is 15.1 Å². The third-order valence-corrected chi connectivity index (χ3v) is 6.74. The van der Waals surface area contributed by atoms with E-state index >= 15 is 0 Å². The fourth-order valence-corrected chi connectivity index (χ4v) is 5.14. The molecule has 2 aliphatic rings. The molecule has 4 heterocycles. The quantitative estimate of drug-likeness (QED) is 0.819. The highest BCUT2D eigenvalue weighted by Gasteiger charge is 2.43. The van der Waals surface area contributed by atoms with Gasteiger partial charge in [0.2, 0.25) is 5.91 Å². The van der Waals surface area contributed by atoms with Gasteiger partial charge in [-0.1, -0.05) is 0 Å². The van der Waals surface area contributed by atoms with Crippen molar-refractivity contribution in [2.45, 2.75) is 44.1 Å². The third-order valence-electron chi connectivity index (χ3n) is 5.55. The van der Waals surface area contributed by atoms with Crippen molar-refractivity contribution in [1.29, 1.82) is 0 Å². The highest BCUT2D eigenvalue weighted by Crippen LogP contribution is 2.44. The molecular weight excluding hydrogens is 366 g/mol. The Morgan fingerprint density at radius 3 is 2.89 bits per heavy atom. The molecule has 27 heavy (non-hydrogen) atoms. The molecule has 0 bridgehead atoms. The van der Waals surface area contributed by atoms with Crippen molar-refractivity contribution < 1.29 is 19.4 Å². The maximum Gasteiger partial charge on any atom is 0.345 e. The van der Waals surface area contributed by atoms with Crippen LogP contribution in [0.5, 0.6) is 0 Å². The molecule has 2 aliphatic heterocycles. The van der Waals surface area contributed by atoms with Crippen LogP contribution >= 0.6 is 11.3 Å². The smallest absolute Gasteiger partial charge is 0.345 e. The first kappa shape index (κ1) is 18.2. The lowest BCUT2D eigenvalue weighted by Gasteiger charge is -2.44. The molecule has 0 unspecified atom stereocenters. The number of thiophene rings is 1. The zero-order valence-electron chi connectivity index (χ0n) is 15.1. The van der Waals surface area contributed by atoms with E-state index in [0.29, 0.717) is 31.0 Å². The molecule has 1 fully saturated rings. The predicted octanol–water partition coefficient (Wildman–Crippen LogP) is 2.58. The second kappa shape index (κ2) is 7.44. The fraction of sp³-hybridized carbons (Fsp3) is 0.526. The number of fused-ring (bicyclic) bond motifs is 2. The molecule has 1 spiro atoms. The minimum atomic E-state index is -0.880. The lowest BCUT2D eigenvalue weighted by atomic mass is 9.82. The number of carboxylic acids is 1. The Balaban J connectivity index is 1.36. The van der Waals surface area contributed by atoms with E-state index in [1.54, 1.807) is 12.3 Å². The summed E-state index contributed by atoms with van der Waals surface area (Å²) < 4.78 is 6.15. The highest BCUT2D eigenvalue weighted by atomic mass is 32.1. The van der Waals surface area contributed by atoms with Crippen molar-refractivity contribution in [3.8, 4) is 0 Å². The lowest BCUT2D eigenvalue weighted by molar-refractivity contribution is -0.140. The average Bonchev–Trinajstić information content (AvgIpc) is 3.32. The summed E-state index contributed by atoms with van der Waals surface area (Å²) in [5.41, 5.74) is 1.73. The maximum atomic E-state index is 12.5. The molecular formula is C19H23N3O4S. The molecule has 0 aromatic carbocycles. The van der Waals surface area contributed by atoms with E-state index in [2.05, 4.69) is 10.2 Å². The first-order valence-electron chi connectivity index (χ1n) is 9.33. The molecule has 8 heteroatoms. The van der Waals surface area contributed by atoms with Gasteiger partial charge in [-0.3, -0.25) is 9.89 Å². The van der Waals surface area contributed by atoms with Gasteiger partial charge in [0.1, 0.15) is 4.88 Å². The van der Waals surface area contributed by atoms with Gasteiger partial charge < -0.3 is 14.7 Å². The Morgan fingerprint density at radius 2 is 2.19 bits per heavy atom. The number of piperidine rings is 1. The van der Waals surface area contributed by atoms with Gasteiger partial charge in [0.25, 0.3) is 0 Å². The van der Waals surface area contributed by atoms with Crippen LogP contribution in [0.3, 0.4) is 0 Å². The standard InChI is InChI=1S/C19H23N3O4S/c23-17(3-1-2-13-11-20-21-12-13)22-7-5-19(6-8-22)14-10-16(18(24)25)27-15(14)4-9-26-19/h10-12H,1-9H2,(H,20,21)(H,24,25). The fourth-order valence-electron chi connectivity index (χ4n) is 4.07. The summed E-state index contributed by atoms with van der Waals surface area (Å²) in [5.74, 6) is -0.698. The molecule has 0 radical (unpaired) electrons. The average molecular weight is 389 g/mol. The number of carboxylic acid groups (broad SMARTS) is 1. The van der Waals surface area contributed by atoms with E-state index in [1.807, 2.05) is 11.1 Å². The van der Waals surface area contributed by atoms with E-state index in [-0.39, 0.29) is 5.91 Å². The number of aromatic nitrogens is 2. The molecule has 2 aromatic heterocycles. The Labute approximate surface area is 161 Å². The Morgan fingerprint density at radius 1 is 1.37 bits per heavy atom. The van der Waals surface area contributed by atoms with Gasteiger partial charge in [-0.25, -0.2) is 4.79 Å². The molecule has 144 valence electrons. The van der Waals surface area contributed by atoms with E-state index < -0.39 is 11.6 Å². The van der Waals surface area contributed by atoms with Crippen LogP contribution in [0.4, 0.5) is 0 Å². The Hall–Kier alpha value is -2.19. The molecule has 0 atom stereocenters. The van der Waals surface area contributed by atoms with Crippen molar-refractivity contribution in [2.24, 2.45) is 0 Å². The van der Waals surface area contributed by atoms with Crippen LogP contribution in [-0.4, -0.2) is 51.8 Å². The third kappa shape index (κ3) is 3.64. The number of nitrogens with zero attached hydrogens (tertiary/aromatic N) is 2. The lowest BCUT2D eigenvalue weighted by Crippen LogP contribution is -2.48. The minimum Gasteiger partial charge on any atom is -0.477 e. The summed E-state index contributed by atoms with van der Waals surface area (Å²) in [6, 6.07) is 1.78. The molecule has 1 amide bonds. The largest absolute Gasteiger partial charge is 0.477 e. The molecule has 7 nitrogen and oxygen atoms in total. The molecule has 1 saturated heterocycles. The monoisotopic (exact) mass is 389 g/mol. The number of amides is 1. The molecule has 0 saturated carbocycles. The summed E-state index contributed by atoms with van der Waals surface area (Å²) in [6.45, 7) is 1.93. The minimum absolute atomic E-state index is 0.181. The Kier molecular flexibility index (Phi) is 5.01. The predicted molar refractivity (Wildman–Crippen MR) is 100.0 cm³/mol. The number of aryl methyl sites for hydroxylation is 1. The number of hydrogen-bond donors (Lipinski definition) is 2. The number of likely N-dealkylation sites (tertiary alicyclic amines) is 1. The number of carbonyl (C=O) groups excluding carboxylic acids is 1. The van der Waals surface area contributed by atoms with Gasteiger partial charge >= 0.3 is 5.97 Å². The van der Waals surface area contributed by atoms with Crippen LogP contribution in [0.2, 0.25) is 0 Å². The van der Waals surface area contributed by atoms with E-state index in [0.717, 1.165) is 48.1 Å². The number of carbonyl (C=O) groups is 2. The number of ether oxygens (including phenoxy) is 1. The number of H-pyrrole nitrogens is 1. The highest BCUT2D eigenvalue weighted by molar-refractivity contribution is 7.14. The molecule has 4 rings (SSSR count). The van der Waals surface area contributed by atoms with E-state index in [4.69, 9.17) is 4.74 Å². The second-order valence-corrected chi connectivity index (χ2v) is 8.32. The van der Waals surface area contributed by atoms with Crippen LogP contribution in [-0.2, 0) is 28.0 Å². The topological polar surface area (TPSA) is 95.5 Å². The first-order valence-corrected chi connectivity index (χ1v) is 10.1. The summed E-state index contributed by atoms with van der Waals surface area (Å²) in [4.78, 5) is 27.3. The van der Waals surface area contributed by atoms with Crippen molar-refractivity contribution in [3.63, 3.8) is 0 Å². The second-order valence-electron chi connectivity index (χ2n) is 7.19. The van der Waals surface area contributed by atoms with E-state index in [9.17, 15) is 14.7 Å². The number of hydrogen-bond acceptors (Lipinski definition) is 5. The number of aromatic amines is 1. The van der Waals surface area contributed by atoms with Gasteiger partial charge in [0, 0.05) is 37.0 Å². The van der Waals surface area contributed by atoms with Gasteiger partial charge in [-0.2, -0.15) is 5.10 Å². The summed E-state index contributed by atoms with van der Waals surface area (Å²) in [5, 5.41) is 16.0.